The van der Waals surface area contributed by atoms with Crippen molar-refractivity contribution in [2.45, 2.75) is 6.54 Å². The van der Waals surface area contributed by atoms with Crippen LogP contribution in [0.1, 0.15) is 0 Å². The van der Waals surface area contributed by atoms with E-state index in [2.05, 4.69) is 38.0 Å². The molecule has 0 aliphatic carbocycles. The Morgan fingerprint density at radius 2 is 2.14 bits per heavy atom. The fourth-order valence-corrected chi connectivity index (χ4v) is 3.21. The summed E-state index contributed by atoms with van der Waals surface area (Å²) >= 11 is 2.01. The first-order valence-electron chi connectivity index (χ1n) is 7.16. The van der Waals surface area contributed by atoms with E-state index < -0.39 is 0 Å². The van der Waals surface area contributed by atoms with E-state index in [1.54, 1.807) is 12.5 Å². The van der Waals surface area contributed by atoms with Crippen LogP contribution in [-0.2, 0) is 6.54 Å². The number of nitrogens with zero attached hydrogens (tertiary/aromatic N) is 6. The standard InChI is InChI=1S/C14H20N6S/c1-18(5-6-20-4-2-3-17-20)13-11-14(16-12-15-13)19-7-9-21-10-8-19/h2-4,11-12H,5-10H2,1H3. The number of likely N-dealkylation sites (N-methyl/N-ethyl adjacent to an activating group) is 1. The first kappa shape index (κ1) is 14.2. The van der Waals surface area contributed by atoms with Gasteiger partial charge in [0.1, 0.15) is 18.0 Å². The van der Waals surface area contributed by atoms with Crippen molar-refractivity contribution in [1.82, 2.24) is 19.7 Å². The largest absolute Gasteiger partial charge is 0.358 e. The van der Waals surface area contributed by atoms with E-state index in [0.29, 0.717) is 0 Å². The van der Waals surface area contributed by atoms with Gasteiger partial charge in [-0.15, -0.1) is 0 Å². The molecular formula is C14H20N6S. The Labute approximate surface area is 129 Å². The summed E-state index contributed by atoms with van der Waals surface area (Å²) in [6.07, 6.45) is 5.44. The summed E-state index contributed by atoms with van der Waals surface area (Å²) in [6, 6.07) is 4.02. The van der Waals surface area contributed by atoms with Crippen LogP contribution in [0.2, 0.25) is 0 Å². The summed E-state index contributed by atoms with van der Waals surface area (Å²) in [5, 5.41) is 4.22. The highest BCUT2D eigenvalue weighted by molar-refractivity contribution is 7.99. The molecule has 3 rings (SSSR count). The van der Waals surface area contributed by atoms with Gasteiger partial charge >= 0.3 is 0 Å². The van der Waals surface area contributed by atoms with E-state index in [-0.39, 0.29) is 0 Å². The molecule has 0 saturated carbocycles. The normalized spacial score (nSPS) is 15.2. The third kappa shape index (κ3) is 3.66. The van der Waals surface area contributed by atoms with Gasteiger partial charge in [-0.1, -0.05) is 0 Å². The maximum absolute atomic E-state index is 4.42. The molecule has 6 nitrogen and oxygen atoms in total. The van der Waals surface area contributed by atoms with Gasteiger partial charge in [0.2, 0.25) is 0 Å². The van der Waals surface area contributed by atoms with Gasteiger partial charge in [-0.25, -0.2) is 9.97 Å². The molecule has 112 valence electrons. The Morgan fingerprint density at radius 3 is 2.90 bits per heavy atom. The van der Waals surface area contributed by atoms with Gasteiger partial charge in [-0.05, 0) is 6.07 Å². The van der Waals surface area contributed by atoms with Crippen LogP contribution in [-0.4, -0.2) is 57.9 Å². The topological polar surface area (TPSA) is 50.1 Å². The minimum absolute atomic E-state index is 0.850. The first-order chi connectivity index (χ1) is 10.3. The highest BCUT2D eigenvalue weighted by Gasteiger charge is 2.14. The molecule has 1 saturated heterocycles. The Kier molecular flexibility index (Phi) is 4.59. The molecule has 0 atom stereocenters. The van der Waals surface area contributed by atoms with Gasteiger partial charge in [0.15, 0.2) is 0 Å². The molecule has 0 bridgehead atoms. The number of thioether (sulfide) groups is 1. The highest BCUT2D eigenvalue weighted by Crippen LogP contribution is 2.20. The van der Waals surface area contributed by atoms with Crippen molar-refractivity contribution in [3.63, 3.8) is 0 Å². The third-order valence-corrected chi connectivity index (χ3v) is 4.53. The maximum atomic E-state index is 4.42. The summed E-state index contributed by atoms with van der Waals surface area (Å²) in [4.78, 5) is 13.3. The maximum Gasteiger partial charge on any atom is 0.134 e. The van der Waals surface area contributed by atoms with Crippen molar-refractivity contribution in [3.8, 4) is 0 Å². The number of anilines is 2. The molecule has 7 heteroatoms. The predicted molar refractivity (Wildman–Crippen MR) is 87.1 cm³/mol. The van der Waals surface area contributed by atoms with Gasteiger partial charge < -0.3 is 9.80 Å². The Balaban J connectivity index is 1.64. The molecule has 0 N–H and O–H groups in total. The molecule has 1 fully saturated rings. The molecule has 3 heterocycles. The smallest absolute Gasteiger partial charge is 0.134 e. The van der Waals surface area contributed by atoms with Gasteiger partial charge in [0.05, 0.1) is 6.54 Å². The van der Waals surface area contributed by atoms with Crippen molar-refractivity contribution in [3.05, 3.63) is 30.9 Å². The number of rotatable bonds is 5. The van der Waals surface area contributed by atoms with Crippen LogP contribution in [0.15, 0.2) is 30.9 Å². The second kappa shape index (κ2) is 6.80. The van der Waals surface area contributed by atoms with E-state index in [1.165, 1.54) is 11.5 Å². The molecule has 0 radical (unpaired) electrons. The fourth-order valence-electron chi connectivity index (χ4n) is 2.31. The molecule has 2 aromatic heterocycles. The second-order valence-corrected chi connectivity index (χ2v) is 6.25. The van der Waals surface area contributed by atoms with Crippen molar-refractivity contribution < 1.29 is 0 Å². The lowest BCUT2D eigenvalue weighted by molar-refractivity contribution is 0.609. The minimum atomic E-state index is 0.850. The third-order valence-electron chi connectivity index (χ3n) is 3.59. The van der Waals surface area contributed by atoms with Crippen LogP contribution in [0, 0.1) is 0 Å². The van der Waals surface area contributed by atoms with Gasteiger partial charge in [0, 0.05) is 56.6 Å². The Morgan fingerprint density at radius 1 is 1.29 bits per heavy atom. The molecular weight excluding hydrogens is 284 g/mol. The summed E-state index contributed by atoms with van der Waals surface area (Å²) in [5.74, 6) is 4.35. The van der Waals surface area contributed by atoms with Crippen molar-refractivity contribution in [2.75, 3.05) is 48.0 Å². The van der Waals surface area contributed by atoms with Crippen LogP contribution in [0.3, 0.4) is 0 Å². The molecule has 2 aromatic rings. The van der Waals surface area contributed by atoms with E-state index in [4.69, 9.17) is 0 Å². The molecule has 0 spiro atoms. The Bertz CT molecular complexity index is 552. The molecule has 1 aliphatic rings. The van der Waals surface area contributed by atoms with Gasteiger partial charge in [-0.2, -0.15) is 16.9 Å². The first-order valence-corrected chi connectivity index (χ1v) is 8.32. The summed E-state index contributed by atoms with van der Waals surface area (Å²) < 4.78 is 1.93. The van der Waals surface area contributed by atoms with Crippen LogP contribution in [0.25, 0.3) is 0 Å². The summed E-state index contributed by atoms with van der Waals surface area (Å²) in [7, 11) is 2.06. The van der Waals surface area contributed by atoms with E-state index in [0.717, 1.165) is 37.8 Å². The van der Waals surface area contributed by atoms with Crippen molar-refractivity contribution >= 4 is 23.4 Å². The van der Waals surface area contributed by atoms with Crippen LogP contribution in [0.5, 0.6) is 0 Å². The molecule has 0 aromatic carbocycles. The van der Waals surface area contributed by atoms with E-state index in [9.17, 15) is 0 Å². The van der Waals surface area contributed by atoms with Gasteiger partial charge in [-0.3, -0.25) is 4.68 Å². The SMILES string of the molecule is CN(CCn1cccn1)c1cc(N2CCSCC2)ncn1. The zero-order valence-corrected chi connectivity index (χ0v) is 13.0. The number of hydrogen-bond donors (Lipinski definition) is 0. The lowest BCUT2D eigenvalue weighted by Gasteiger charge is -2.28. The number of hydrogen-bond acceptors (Lipinski definition) is 6. The zero-order valence-electron chi connectivity index (χ0n) is 12.2. The predicted octanol–water partition coefficient (Wildman–Crippen LogP) is 1.36. The van der Waals surface area contributed by atoms with Crippen LogP contribution < -0.4 is 9.80 Å². The zero-order chi connectivity index (χ0) is 14.5. The summed E-state index contributed by atoms with van der Waals surface area (Å²) in [5.41, 5.74) is 0. The van der Waals surface area contributed by atoms with Crippen LogP contribution in [0.4, 0.5) is 11.6 Å². The monoisotopic (exact) mass is 304 g/mol. The average Bonchev–Trinajstić information content (AvgIpc) is 3.07. The second-order valence-electron chi connectivity index (χ2n) is 5.02. The lowest BCUT2D eigenvalue weighted by atomic mass is 10.4. The van der Waals surface area contributed by atoms with Crippen molar-refractivity contribution in [1.29, 1.82) is 0 Å². The minimum Gasteiger partial charge on any atom is -0.358 e. The average molecular weight is 304 g/mol. The van der Waals surface area contributed by atoms with Gasteiger partial charge in [0.25, 0.3) is 0 Å². The van der Waals surface area contributed by atoms with Crippen LogP contribution >= 0.6 is 11.8 Å². The van der Waals surface area contributed by atoms with E-state index in [1.807, 2.05) is 28.7 Å². The molecule has 0 amide bonds. The fraction of sp³-hybridized carbons (Fsp3) is 0.500. The number of aromatic nitrogens is 4. The van der Waals surface area contributed by atoms with E-state index >= 15 is 0 Å². The Hall–Kier alpha value is -1.76. The summed E-state index contributed by atoms with van der Waals surface area (Å²) in [6.45, 7) is 3.85. The van der Waals surface area contributed by atoms with Crippen molar-refractivity contribution in [2.24, 2.45) is 0 Å². The quantitative estimate of drug-likeness (QED) is 0.831. The highest BCUT2D eigenvalue weighted by atomic mass is 32.2. The molecule has 1 aliphatic heterocycles. The molecule has 21 heavy (non-hydrogen) atoms. The molecule has 0 unspecified atom stereocenters. The lowest BCUT2D eigenvalue weighted by Crippen LogP contribution is -2.33.